The SMILES string of the molecule is CCNS(=O)(=O)CCNC(C)c1csc(Cl)c1. The van der Waals surface area contributed by atoms with Gasteiger partial charge in [-0.2, -0.15) is 0 Å². The predicted octanol–water partition coefficient (Wildman–Crippen LogP) is 1.99. The minimum Gasteiger partial charge on any atom is -0.309 e. The van der Waals surface area contributed by atoms with E-state index in [0.717, 1.165) is 9.90 Å². The number of hydrogen-bond donors (Lipinski definition) is 2. The maximum Gasteiger partial charge on any atom is 0.212 e. The molecule has 1 atom stereocenters. The van der Waals surface area contributed by atoms with Gasteiger partial charge in [0.2, 0.25) is 10.0 Å². The van der Waals surface area contributed by atoms with E-state index in [1.165, 1.54) is 11.3 Å². The van der Waals surface area contributed by atoms with Gasteiger partial charge in [0, 0.05) is 19.1 Å². The number of nitrogens with one attached hydrogen (secondary N) is 2. The van der Waals surface area contributed by atoms with Crippen LogP contribution in [0.15, 0.2) is 11.4 Å². The van der Waals surface area contributed by atoms with E-state index >= 15 is 0 Å². The summed E-state index contributed by atoms with van der Waals surface area (Å²) in [5.74, 6) is 0.0864. The van der Waals surface area contributed by atoms with Crippen molar-refractivity contribution in [2.24, 2.45) is 0 Å². The molecule has 17 heavy (non-hydrogen) atoms. The van der Waals surface area contributed by atoms with Crippen molar-refractivity contribution in [1.82, 2.24) is 10.0 Å². The molecule has 98 valence electrons. The lowest BCUT2D eigenvalue weighted by molar-refractivity contribution is 0.564. The minimum atomic E-state index is -3.14. The van der Waals surface area contributed by atoms with Gasteiger partial charge in [0.25, 0.3) is 0 Å². The number of halogens is 1. The zero-order valence-corrected chi connectivity index (χ0v) is 12.3. The third kappa shape index (κ3) is 5.35. The van der Waals surface area contributed by atoms with E-state index < -0.39 is 10.0 Å². The summed E-state index contributed by atoms with van der Waals surface area (Å²) in [6.07, 6.45) is 0. The summed E-state index contributed by atoms with van der Waals surface area (Å²) in [4.78, 5) is 0. The Hall–Kier alpha value is -0.140. The first-order valence-corrected chi connectivity index (χ1v) is 8.30. The van der Waals surface area contributed by atoms with Crippen LogP contribution in [0.3, 0.4) is 0 Å². The first kappa shape index (κ1) is 14.9. The average molecular weight is 297 g/mol. The van der Waals surface area contributed by atoms with E-state index in [9.17, 15) is 8.42 Å². The van der Waals surface area contributed by atoms with E-state index in [1.807, 2.05) is 18.4 Å². The van der Waals surface area contributed by atoms with Gasteiger partial charge in [-0.3, -0.25) is 0 Å². The van der Waals surface area contributed by atoms with Gasteiger partial charge < -0.3 is 5.32 Å². The second-order valence-corrected chi connectivity index (χ2v) is 7.15. The highest BCUT2D eigenvalue weighted by molar-refractivity contribution is 7.89. The number of sulfonamides is 1. The van der Waals surface area contributed by atoms with Crippen LogP contribution in [0.25, 0.3) is 0 Å². The van der Waals surface area contributed by atoms with E-state index in [0.29, 0.717) is 13.1 Å². The molecule has 0 radical (unpaired) electrons. The molecule has 0 aliphatic heterocycles. The Labute approximate surface area is 111 Å². The summed E-state index contributed by atoms with van der Waals surface area (Å²) in [7, 11) is -3.14. The van der Waals surface area contributed by atoms with E-state index in [4.69, 9.17) is 11.6 Å². The molecular weight excluding hydrogens is 280 g/mol. The molecule has 0 saturated carbocycles. The van der Waals surface area contributed by atoms with E-state index in [1.54, 1.807) is 6.92 Å². The normalized spacial score (nSPS) is 13.8. The van der Waals surface area contributed by atoms with Crippen molar-refractivity contribution in [2.45, 2.75) is 19.9 Å². The lowest BCUT2D eigenvalue weighted by Gasteiger charge is -2.12. The quantitative estimate of drug-likeness (QED) is 0.809. The highest BCUT2D eigenvalue weighted by atomic mass is 35.5. The maximum atomic E-state index is 11.4. The van der Waals surface area contributed by atoms with Crippen molar-refractivity contribution in [1.29, 1.82) is 0 Å². The largest absolute Gasteiger partial charge is 0.309 e. The summed E-state index contributed by atoms with van der Waals surface area (Å²) in [6.45, 7) is 4.60. The van der Waals surface area contributed by atoms with Gasteiger partial charge in [-0.25, -0.2) is 13.1 Å². The zero-order valence-electron chi connectivity index (χ0n) is 9.86. The molecular formula is C10H17ClN2O2S2. The smallest absolute Gasteiger partial charge is 0.212 e. The second kappa shape index (κ2) is 6.70. The molecule has 0 bridgehead atoms. The molecule has 1 aromatic heterocycles. The molecule has 1 unspecified atom stereocenters. The predicted molar refractivity (Wildman–Crippen MR) is 73.2 cm³/mol. The first-order chi connectivity index (χ1) is 7.94. The lowest BCUT2D eigenvalue weighted by Crippen LogP contribution is -2.32. The molecule has 1 heterocycles. The molecule has 0 fully saturated rings. The van der Waals surface area contributed by atoms with Gasteiger partial charge in [0.05, 0.1) is 10.1 Å². The van der Waals surface area contributed by atoms with Crippen LogP contribution < -0.4 is 10.0 Å². The van der Waals surface area contributed by atoms with Gasteiger partial charge >= 0.3 is 0 Å². The molecule has 4 nitrogen and oxygen atoms in total. The van der Waals surface area contributed by atoms with E-state index in [-0.39, 0.29) is 11.8 Å². The van der Waals surface area contributed by atoms with Gasteiger partial charge in [-0.05, 0) is 23.9 Å². The fraction of sp³-hybridized carbons (Fsp3) is 0.600. The van der Waals surface area contributed by atoms with E-state index in [2.05, 4.69) is 10.0 Å². The summed E-state index contributed by atoms with van der Waals surface area (Å²) in [6, 6.07) is 2.00. The van der Waals surface area contributed by atoms with Gasteiger partial charge in [0.1, 0.15) is 0 Å². The van der Waals surface area contributed by atoms with Crippen molar-refractivity contribution in [3.63, 3.8) is 0 Å². The van der Waals surface area contributed by atoms with Crippen LogP contribution in [0.1, 0.15) is 25.5 Å². The van der Waals surface area contributed by atoms with Crippen LogP contribution in [0, 0.1) is 0 Å². The summed E-state index contributed by atoms with van der Waals surface area (Å²) >= 11 is 7.31. The second-order valence-electron chi connectivity index (χ2n) is 3.68. The van der Waals surface area contributed by atoms with Gasteiger partial charge in [-0.15, -0.1) is 11.3 Å². The minimum absolute atomic E-state index is 0.0864. The van der Waals surface area contributed by atoms with Crippen LogP contribution >= 0.6 is 22.9 Å². The first-order valence-electron chi connectivity index (χ1n) is 5.39. The number of rotatable bonds is 7. The molecule has 0 spiro atoms. The van der Waals surface area contributed by atoms with Gasteiger partial charge in [-0.1, -0.05) is 18.5 Å². The molecule has 0 aromatic carbocycles. The van der Waals surface area contributed by atoms with Crippen molar-refractivity contribution in [3.8, 4) is 0 Å². The van der Waals surface area contributed by atoms with Crippen LogP contribution in [0.4, 0.5) is 0 Å². The van der Waals surface area contributed by atoms with Crippen molar-refractivity contribution < 1.29 is 8.42 Å². The lowest BCUT2D eigenvalue weighted by atomic mass is 10.2. The third-order valence-electron chi connectivity index (χ3n) is 2.27. The highest BCUT2D eigenvalue weighted by Crippen LogP contribution is 2.24. The monoisotopic (exact) mass is 296 g/mol. The van der Waals surface area contributed by atoms with Gasteiger partial charge in [0.15, 0.2) is 0 Å². The Balaban J connectivity index is 2.37. The molecule has 2 N–H and O–H groups in total. The van der Waals surface area contributed by atoms with Crippen LogP contribution in [-0.2, 0) is 10.0 Å². The molecule has 0 aliphatic rings. The Morgan fingerprint density at radius 2 is 2.24 bits per heavy atom. The summed E-state index contributed by atoms with van der Waals surface area (Å²) in [5, 5.41) is 5.13. The summed E-state index contributed by atoms with van der Waals surface area (Å²) in [5.41, 5.74) is 1.08. The van der Waals surface area contributed by atoms with Crippen LogP contribution in [0.2, 0.25) is 4.34 Å². The highest BCUT2D eigenvalue weighted by Gasteiger charge is 2.11. The molecule has 1 rings (SSSR count). The molecule has 0 amide bonds. The number of thiophene rings is 1. The third-order valence-corrected chi connectivity index (χ3v) is 4.85. The maximum absolute atomic E-state index is 11.4. The zero-order chi connectivity index (χ0) is 12.9. The Morgan fingerprint density at radius 3 is 2.76 bits per heavy atom. The molecule has 1 aromatic rings. The topological polar surface area (TPSA) is 58.2 Å². The van der Waals surface area contributed by atoms with Crippen LogP contribution in [-0.4, -0.2) is 27.3 Å². The van der Waals surface area contributed by atoms with Crippen LogP contribution in [0.5, 0.6) is 0 Å². The Kier molecular flexibility index (Phi) is 5.88. The average Bonchev–Trinajstić information content (AvgIpc) is 2.64. The fourth-order valence-electron chi connectivity index (χ4n) is 1.37. The fourth-order valence-corrected chi connectivity index (χ4v) is 3.33. The Morgan fingerprint density at radius 1 is 1.53 bits per heavy atom. The van der Waals surface area contributed by atoms with Crippen molar-refractivity contribution in [3.05, 3.63) is 21.3 Å². The molecule has 0 saturated heterocycles. The Bertz CT molecular complexity index is 445. The van der Waals surface area contributed by atoms with Crippen molar-refractivity contribution >= 4 is 33.0 Å². The number of hydrogen-bond acceptors (Lipinski definition) is 4. The van der Waals surface area contributed by atoms with Crippen molar-refractivity contribution in [2.75, 3.05) is 18.8 Å². The summed E-state index contributed by atoms with van der Waals surface area (Å²) < 4.78 is 26.0. The molecule has 0 aliphatic carbocycles. The standard InChI is InChI=1S/C10H17ClN2O2S2/c1-3-13-17(14,15)5-4-12-8(2)9-6-10(11)16-7-9/h6-8,12-13H,3-5H2,1-2H3. The molecule has 7 heteroatoms.